The van der Waals surface area contributed by atoms with E-state index >= 15 is 0 Å². The molecule has 1 aromatic rings. The second-order valence-electron chi connectivity index (χ2n) is 6.91. The fourth-order valence-electron chi connectivity index (χ4n) is 3.49. The van der Waals surface area contributed by atoms with Gasteiger partial charge in [-0.1, -0.05) is 28.8 Å². The van der Waals surface area contributed by atoms with Crippen LogP contribution in [0, 0.1) is 6.92 Å². The Bertz CT molecular complexity index is 804. The highest BCUT2D eigenvalue weighted by molar-refractivity contribution is 7.93. The molecular formula is C17H24ClN3O4S2. The zero-order chi connectivity index (χ0) is 19.7. The minimum Gasteiger partial charge on any atom is -0.616 e. The van der Waals surface area contributed by atoms with Crippen LogP contribution in [0.15, 0.2) is 23.1 Å². The van der Waals surface area contributed by atoms with Crippen molar-refractivity contribution in [2.45, 2.75) is 29.5 Å². The van der Waals surface area contributed by atoms with Gasteiger partial charge in [-0.25, -0.2) is 13.2 Å². The highest BCUT2D eigenvalue weighted by Gasteiger charge is 2.48. The fraction of sp³-hybridized carbons (Fsp3) is 0.588. The third-order valence-electron chi connectivity index (χ3n) is 5.17. The van der Waals surface area contributed by atoms with E-state index in [9.17, 15) is 17.8 Å². The molecule has 0 spiro atoms. The number of halogens is 1. The number of carbonyl (C=O) groups excluding carboxylic acids is 1. The highest BCUT2D eigenvalue weighted by atomic mass is 35.5. The number of hydrogen-bond acceptors (Lipinski definition) is 5. The van der Waals surface area contributed by atoms with E-state index in [-0.39, 0.29) is 11.4 Å². The van der Waals surface area contributed by atoms with Gasteiger partial charge in [-0.2, -0.15) is 0 Å². The van der Waals surface area contributed by atoms with Crippen LogP contribution in [-0.4, -0.2) is 66.5 Å². The van der Waals surface area contributed by atoms with E-state index in [0.717, 1.165) is 0 Å². The first-order valence-electron chi connectivity index (χ1n) is 8.89. The first kappa shape index (κ1) is 20.7. The Labute approximate surface area is 167 Å². The monoisotopic (exact) mass is 433 g/mol. The molecule has 0 unspecified atom stereocenters. The molecule has 0 radical (unpaired) electrons. The van der Waals surface area contributed by atoms with Crippen LogP contribution in [0.25, 0.3) is 0 Å². The molecular weight excluding hydrogens is 410 g/mol. The highest BCUT2D eigenvalue weighted by Crippen LogP contribution is 2.33. The van der Waals surface area contributed by atoms with Gasteiger partial charge in [0.1, 0.15) is 11.5 Å². The van der Waals surface area contributed by atoms with Crippen molar-refractivity contribution in [3.8, 4) is 0 Å². The maximum Gasteiger partial charge on any atom is 0.319 e. The van der Waals surface area contributed by atoms with E-state index in [2.05, 4.69) is 10.6 Å². The van der Waals surface area contributed by atoms with E-state index in [4.69, 9.17) is 11.6 Å². The summed E-state index contributed by atoms with van der Waals surface area (Å²) in [6.07, 6.45) is 0.947. The van der Waals surface area contributed by atoms with Crippen LogP contribution < -0.4 is 10.6 Å². The van der Waals surface area contributed by atoms with Gasteiger partial charge in [-0.05, 0) is 44.0 Å². The van der Waals surface area contributed by atoms with Crippen molar-refractivity contribution < 1.29 is 17.8 Å². The smallest absolute Gasteiger partial charge is 0.319 e. The number of urea groups is 1. The number of sulfone groups is 1. The van der Waals surface area contributed by atoms with Crippen LogP contribution in [0.4, 0.5) is 4.79 Å². The third kappa shape index (κ3) is 4.07. The van der Waals surface area contributed by atoms with Gasteiger partial charge in [0.2, 0.25) is 9.84 Å². The average Bonchev–Trinajstić information content (AvgIpc) is 2.65. The predicted molar refractivity (Wildman–Crippen MR) is 106 cm³/mol. The van der Waals surface area contributed by atoms with Gasteiger partial charge < -0.3 is 20.1 Å². The lowest BCUT2D eigenvalue weighted by molar-refractivity contribution is 0.190. The SMILES string of the molecule is Cc1c(Cl)cccc1S(=O)(=O)[C@@]1(NC(=O)N2CC[S+]([O-])CC2)CCCNC1. The number of benzene rings is 1. The molecule has 150 valence electrons. The summed E-state index contributed by atoms with van der Waals surface area (Å²) in [5, 5.41) is 6.28. The number of carbonyl (C=O) groups is 1. The summed E-state index contributed by atoms with van der Waals surface area (Å²) < 4.78 is 38.7. The van der Waals surface area contributed by atoms with Crippen molar-refractivity contribution in [3.63, 3.8) is 0 Å². The Hall–Kier alpha value is -1.00. The van der Waals surface area contributed by atoms with Gasteiger partial charge in [-0.15, -0.1) is 0 Å². The number of rotatable bonds is 3. The molecule has 2 N–H and O–H groups in total. The van der Waals surface area contributed by atoms with Crippen LogP contribution in [-0.2, 0) is 21.0 Å². The summed E-state index contributed by atoms with van der Waals surface area (Å²) in [5.74, 6) is 0.831. The normalized spacial score (nSPS) is 24.6. The average molecular weight is 434 g/mol. The van der Waals surface area contributed by atoms with Gasteiger partial charge in [0, 0.05) is 11.6 Å². The first-order valence-corrected chi connectivity index (χ1v) is 12.2. The molecule has 0 saturated carbocycles. The van der Waals surface area contributed by atoms with Crippen molar-refractivity contribution in [1.82, 2.24) is 15.5 Å². The Kier molecular flexibility index (Phi) is 6.27. The maximum absolute atomic E-state index is 13.6. The molecule has 2 aliphatic rings. The van der Waals surface area contributed by atoms with E-state index < -0.39 is 31.9 Å². The fourth-order valence-corrected chi connectivity index (χ4v) is 6.89. The molecule has 2 saturated heterocycles. The summed E-state index contributed by atoms with van der Waals surface area (Å²) in [4.78, 5) is 13.0. The van der Waals surface area contributed by atoms with Crippen molar-refractivity contribution in [2.75, 3.05) is 37.7 Å². The summed E-state index contributed by atoms with van der Waals surface area (Å²) in [6, 6.07) is 4.35. The second-order valence-corrected chi connectivity index (χ2v) is 11.2. The molecule has 1 atom stereocenters. The topological polar surface area (TPSA) is 102 Å². The Morgan fingerprint density at radius 3 is 2.70 bits per heavy atom. The van der Waals surface area contributed by atoms with Gasteiger partial charge >= 0.3 is 6.03 Å². The minimum atomic E-state index is -3.89. The van der Waals surface area contributed by atoms with Crippen molar-refractivity contribution in [1.29, 1.82) is 0 Å². The van der Waals surface area contributed by atoms with E-state index in [1.807, 2.05) is 0 Å². The van der Waals surface area contributed by atoms with E-state index in [1.54, 1.807) is 19.1 Å². The molecule has 2 fully saturated rings. The zero-order valence-electron chi connectivity index (χ0n) is 15.2. The second kappa shape index (κ2) is 8.16. The Morgan fingerprint density at radius 1 is 1.37 bits per heavy atom. The number of nitrogens with zero attached hydrogens (tertiary/aromatic N) is 1. The van der Waals surface area contributed by atoms with E-state index in [1.165, 1.54) is 11.0 Å². The molecule has 3 rings (SSSR count). The number of amides is 2. The lowest BCUT2D eigenvalue weighted by atomic mass is 10.1. The van der Waals surface area contributed by atoms with Crippen LogP contribution in [0.5, 0.6) is 0 Å². The van der Waals surface area contributed by atoms with E-state index in [0.29, 0.717) is 54.6 Å². The molecule has 10 heteroatoms. The minimum absolute atomic E-state index is 0.132. The molecule has 2 heterocycles. The first-order chi connectivity index (χ1) is 12.8. The van der Waals surface area contributed by atoms with Crippen LogP contribution in [0.1, 0.15) is 18.4 Å². The predicted octanol–water partition coefficient (Wildman–Crippen LogP) is 1.28. The summed E-state index contributed by atoms with van der Waals surface area (Å²) in [5.41, 5.74) is 0.478. The van der Waals surface area contributed by atoms with Crippen molar-refractivity contribution >= 4 is 38.6 Å². The molecule has 2 aliphatic heterocycles. The zero-order valence-corrected chi connectivity index (χ0v) is 17.6. The van der Waals surface area contributed by atoms with Crippen LogP contribution >= 0.6 is 11.6 Å². The molecule has 7 nitrogen and oxygen atoms in total. The number of hydrogen-bond donors (Lipinski definition) is 2. The molecule has 27 heavy (non-hydrogen) atoms. The molecule has 0 aliphatic carbocycles. The van der Waals surface area contributed by atoms with Gasteiger partial charge in [-0.3, -0.25) is 0 Å². The van der Waals surface area contributed by atoms with Crippen molar-refractivity contribution in [2.24, 2.45) is 0 Å². The number of nitrogens with one attached hydrogen (secondary N) is 2. The van der Waals surface area contributed by atoms with Crippen LogP contribution in [0.3, 0.4) is 0 Å². The molecule has 0 bridgehead atoms. The van der Waals surface area contributed by atoms with Crippen molar-refractivity contribution in [3.05, 3.63) is 28.8 Å². The Morgan fingerprint density at radius 2 is 2.07 bits per heavy atom. The Balaban J connectivity index is 1.92. The molecule has 2 amide bonds. The quantitative estimate of drug-likeness (QED) is 0.699. The molecule has 1 aromatic carbocycles. The largest absolute Gasteiger partial charge is 0.616 e. The number of piperidine rings is 1. The maximum atomic E-state index is 13.6. The summed E-state index contributed by atoms with van der Waals surface area (Å²) in [6.45, 7) is 3.22. The van der Waals surface area contributed by atoms with Gasteiger partial charge in [0.15, 0.2) is 4.87 Å². The standard InChI is InChI=1S/C17H24ClN3O4S2/c1-13-14(18)4-2-5-15(13)27(24,25)17(6-3-7-19-12-17)20-16(22)21-8-10-26(23)11-9-21/h2,4-5,19H,3,6-12H2,1H3,(H,20,22)/t17-/m0/s1. The van der Waals surface area contributed by atoms with Gasteiger partial charge in [0.25, 0.3) is 0 Å². The van der Waals surface area contributed by atoms with Gasteiger partial charge in [0.05, 0.1) is 18.0 Å². The summed E-state index contributed by atoms with van der Waals surface area (Å²) >= 11 is 5.23. The third-order valence-corrected chi connectivity index (χ3v) is 9.35. The summed E-state index contributed by atoms with van der Waals surface area (Å²) in [7, 11) is -3.89. The van der Waals surface area contributed by atoms with Crippen LogP contribution in [0.2, 0.25) is 5.02 Å². The molecule has 0 aromatic heterocycles. The lowest BCUT2D eigenvalue weighted by Crippen LogP contribution is -2.65. The lowest BCUT2D eigenvalue weighted by Gasteiger charge is -2.40.